The molecule has 0 bridgehead atoms. The van der Waals surface area contributed by atoms with Crippen molar-refractivity contribution in [2.75, 3.05) is 36.4 Å². The van der Waals surface area contributed by atoms with Gasteiger partial charge in [0, 0.05) is 48.0 Å². The van der Waals surface area contributed by atoms with Crippen LogP contribution in [-0.2, 0) is 0 Å². The Hall–Kier alpha value is -3.82. The SMILES string of the molecule is N#Cc1cc(Cl)ccc1N1CCN(C(=O)Nc2cccc(C(=O)c3ccccc3)c2)CC1. The van der Waals surface area contributed by atoms with E-state index in [0.717, 1.165) is 5.69 Å². The molecule has 160 valence electrons. The summed E-state index contributed by atoms with van der Waals surface area (Å²) in [6, 6.07) is 23.2. The highest BCUT2D eigenvalue weighted by Crippen LogP contribution is 2.25. The van der Waals surface area contributed by atoms with Gasteiger partial charge in [0.05, 0.1) is 11.3 Å². The molecule has 32 heavy (non-hydrogen) atoms. The van der Waals surface area contributed by atoms with Crippen molar-refractivity contribution in [2.45, 2.75) is 0 Å². The second-order valence-electron chi connectivity index (χ2n) is 7.45. The van der Waals surface area contributed by atoms with Gasteiger partial charge in [0.2, 0.25) is 0 Å². The van der Waals surface area contributed by atoms with Crippen molar-refractivity contribution < 1.29 is 9.59 Å². The summed E-state index contributed by atoms with van der Waals surface area (Å²) in [5.74, 6) is -0.0911. The molecule has 2 amide bonds. The van der Waals surface area contributed by atoms with Gasteiger partial charge in [-0.05, 0) is 30.3 Å². The number of carbonyl (C=O) groups is 2. The third-order valence-corrected chi connectivity index (χ3v) is 5.63. The van der Waals surface area contributed by atoms with Crippen LogP contribution >= 0.6 is 11.6 Å². The first-order valence-electron chi connectivity index (χ1n) is 10.3. The maximum Gasteiger partial charge on any atom is 0.321 e. The normalized spacial score (nSPS) is 13.4. The molecule has 3 aromatic rings. The maximum absolute atomic E-state index is 12.8. The van der Waals surface area contributed by atoms with E-state index >= 15 is 0 Å². The lowest BCUT2D eigenvalue weighted by Gasteiger charge is -2.36. The molecule has 0 saturated carbocycles. The topological polar surface area (TPSA) is 76.4 Å². The molecule has 1 N–H and O–H groups in total. The summed E-state index contributed by atoms with van der Waals surface area (Å²) in [4.78, 5) is 29.2. The van der Waals surface area contributed by atoms with Gasteiger partial charge in [0.25, 0.3) is 0 Å². The van der Waals surface area contributed by atoms with E-state index in [9.17, 15) is 14.9 Å². The lowest BCUT2D eigenvalue weighted by molar-refractivity contribution is 0.103. The average Bonchev–Trinajstić information content (AvgIpc) is 2.84. The van der Waals surface area contributed by atoms with Gasteiger partial charge in [0.15, 0.2) is 5.78 Å². The van der Waals surface area contributed by atoms with Gasteiger partial charge in [-0.3, -0.25) is 4.79 Å². The van der Waals surface area contributed by atoms with Crippen LogP contribution in [0.5, 0.6) is 0 Å². The molecule has 1 heterocycles. The number of ketones is 1. The zero-order chi connectivity index (χ0) is 22.5. The molecule has 7 heteroatoms. The highest BCUT2D eigenvalue weighted by Gasteiger charge is 2.23. The summed E-state index contributed by atoms with van der Waals surface area (Å²) in [7, 11) is 0. The van der Waals surface area contributed by atoms with Gasteiger partial charge < -0.3 is 15.1 Å². The molecule has 1 saturated heterocycles. The van der Waals surface area contributed by atoms with E-state index in [4.69, 9.17) is 11.6 Å². The summed E-state index contributed by atoms with van der Waals surface area (Å²) in [6.45, 7) is 2.25. The van der Waals surface area contributed by atoms with Gasteiger partial charge in [-0.25, -0.2) is 4.79 Å². The van der Waals surface area contributed by atoms with Crippen molar-refractivity contribution in [3.8, 4) is 6.07 Å². The summed E-state index contributed by atoms with van der Waals surface area (Å²) >= 11 is 5.99. The van der Waals surface area contributed by atoms with E-state index in [1.807, 2.05) is 24.3 Å². The van der Waals surface area contributed by atoms with E-state index in [0.29, 0.717) is 53.6 Å². The van der Waals surface area contributed by atoms with Crippen molar-refractivity contribution >= 4 is 34.8 Å². The Morgan fingerprint density at radius 3 is 2.31 bits per heavy atom. The zero-order valence-corrected chi connectivity index (χ0v) is 18.0. The Balaban J connectivity index is 1.39. The predicted octanol–water partition coefficient (Wildman–Crippen LogP) is 4.80. The number of piperazine rings is 1. The van der Waals surface area contributed by atoms with Crippen LogP contribution in [0.25, 0.3) is 0 Å². The van der Waals surface area contributed by atoms with Crippen molar-refractivity contribution in [3.63, 3.8) is 0 Å². The van der Waals surface area contributed by atoms with Crippen LogP contribution in [0.15, 0.2) is 72.8 Å². The number of nitriles is 1. The summed E-state index contributed by atoms with van der Waals surface area (Å²) in [5.41, 5.74) is 3.04. The minimum Gasteiger partial charge on any atom is -0.367 e. The van der Waals surface area contributed by atoms with Crippen molar-refractivity contribution in [1.82, 2.24) is 4.90 Å². The third-order valence-electron chi connectivity index (χ3n) is 5.40. The predicted molar refractivity (Wildman–Crippen MR) is 125 cm³/mol. The number of urea groups is 1. The van der Waals surface area contributed by atoms with E-state index in [2.05, 4.69) is 16.3 Å². The quantitative estimate of drug-likeness (QED) is 0.586. The molecule has 1 aliphatic rings. The Labute approximate surface area is 191 Å². The van der Waals surface area contributed by atoms with Gasteiger partial charge in [-0.1, -0.05) is 54.1 Å². The number of anilines is 2. The number of rotatable bonds is 4. The van der Waals surface area contributed by atoms with E-state index < -0.39 is 0 Å². The molecule has 0 aliphatic carbocycles. The Morgan fingerprint density at radius 2 is 1.59 bits per heavy atom. The van der Waals surface area contributed by atoms with Crippen LogP contribution in [0.3, 0.4) is 0 Å². The number of halogens is 1. The fraction of sp³-hybridized carbons (Fsp3) is 0.160. The fourth-order valence-electron chi connectivity index (χ4n) is 3.72. The summed E-state index contributed by atoms with van der Waals surface area (Å²) in [6.07, 6.45) is 0. The van der Waals surface area contributed by atoms with Crippen LogP contribution in [0.4, 0.5) is 16.2 Å². The van der Waals surface area contributed by atoms with Gasteiger partial charge in [-0.2, -0.15) is 5.26 Å². The standard InChI is InChI=1S/C25H21ClN4O2/c26-21-9-10-23(20(15-21)17-27)29-11-13-30(14-12-29)25(32)28-22-8-4-7-19(16-22)24(31)18-5-2-1-3-6-18/h1-10,15-16H,11-14H2,(H,28,32). The molecule has 0 aromatic heterocycles. The second-order valence-corrected chi connectivity index (χ2v) is 7.89. The smallest absolute Gasteiger partial charge is 0.321 e. The number of carbonyl (C=O) groups excluding carboxylic acids is 2. The summed E-state index contributed by atoms with van der Waals surface area (Å²) in [5, 5.41) is 12.8. The van der Waals surface area contributed by atoms with E-state index in [1.54, 1.807) is 53.4 Å². The second kappa shape index (κ2) is 9.54. The number of amides is 2. The molecule has 4 rings (SSSR count). The Morgan fingerprint density at radius 1 is 0.875 bits per heavy atom. The molecule has 1 fully saturated rings. The molecule has 0 unspecified atom stereocenters. The number of hydrogen-bond acceptors (Lipinski definition) is 4. The third kappa shape index (κ3) is 4.74. The largest absolute Gasteiger partial charge is 0.367 e. The molecular formula is C25H21ClN4O2. The number of nitrogens with one attached hydrogen (secondary N) is 1. The van der Waals surface area contributed by atoms with E-state index in [-0.39, 0.29) is 11.8 Å². The number of nitrogens with zero attached hydrogens (tertiary/aromatic N) is 3. The van der Waals surface area contributed by atoms with Crippen molar-refractivity contribution in [2.24, 2.45) is 0 Å². The fourth-order valence-corrected chi connectivity index (χ4v) is 3.89. The van der Waals surface area contributed by atoms with Crippen LogP contribution in [-0.4, -0.2) is 42.9 Å². The lowest BCUT2D eigenvalue weighted by atomic mass is 10.0. The van der Waals surface area contributed by atoms with Crippen molar-refractivity contribution in [1.29, 1.82) is 5.26 Å². The van der Waals surface area contributed by atoms with Gasteiger partial charge in [0.1, 0.15) is 6.07 Å². The number of hydrogen-bond donors (Lipinski definition) is 1. The first-order chi connectivity index (χ1) is 15.5. The maximum atomic E-state index is 12.8. The van der Waals surface area contributed by atoms with Crippen LogP contribution < -0.4 is 10.2 Å². The molecule has 3 aromatic carbocycles. The van der Waals surface area contributed by atoms with Gasteiger partial charge in [-0.15, -0.1) is 0 Å². The highest BCUT2D eigenvalue weighted by atomic mass is 35.5. The number of benzene rings is 3. The zero-order valence-electron chi connectivity index (χ0n) is 17.3. The first kappa shape index (κ1) is 21.4. The lowest BCUT2D eigenvalue weighted by Crippen LogP contribution is -2.50. The molecule has 0 spiro atoms. The monoisotopic (exact) mass is 444 g/mol. The molecule has 0 atom stereocenters. The van der Waals surface area contributed by atoms with E-state index in [1.165, 1.54) is 0 Å². The Bertz CT molecular complexity index is 1180. The average molecular weight is 445 g/mol. The summed E-state index contributed by atoms with van der Waals surface area (Å²) < 4.78 is 0. The van der Waals surface area contributed by atoms with Gasteiger partial charge >= 0.3 is 6.03 Å². The molecule has 1 aliphatic heterocycles. The Kier molecular flexibility index (Phi) is 6.39. The highest BCUT2D eigenvalue weighted by molar-refractivity contribution is 6.30. The van der Waals surface area contributed by atoms with Crippen LogP contribution in [0.1, 0.15) is 21.5 Å². The van der Waals surface area contributed by atoms with Crippen molar-refractivity contribution in [3.05, 3.63) is 94.5 Å². The molecular weight excluding hydrogens is 424 g/mol. The minimum atomic E-state index is -0.217. The van der Waals surface area contributed by atoms with Crippen LogP contribution in [0, 0.1) is 11.3 Å². The van der Waals surface area contributed by atoms with Crippen LogP contribution in [0.2, 0.25) is 5.02 Å². The minimum absolute atomic E-state index is 0.0911. The molecule has 6 nitrogen and oxygen atoms in total. The molecule has 0 radical (unpaired) electrons. The first-order valence-corrected chi connectivity index (χ1v) is 10.6.